The maximum Gasteiger partial charge on any atom is 0.350 e. The highest BCUT2D eigenvalue weighted by atomic mass is 31.2. The molecule has 3 N–H and O–H groups in total. The minimum absolute atomic E-state index is 0.0205. The van der Waals surface area contributed by atoms with E-state index in [1.165, 1.54) is 101 Å². The Bertz CT molecular complexity index is 771. The second-order valence-corrected chi connectivity index (χ2v) is 11.4. The molecule has 0 aliphatic heterocycles. The molecule has 37 heavy (non-hydrogen) atoms. The fourth-order valence-corrected chi connectivity index (χ4v) is 4.52. The van der Waals surface area contributed by atoms with E-state index < -0.39 is 19.6 Å². The number of unbranched alkanes of at least 4 members (excludes halogenated alkanes) is 15. The normalized spacial score (nSPS) is 11.8. The van der Waals surface area contributed by atoms with Crippen LogP contribution >= 0.6 is 7.60 Å². The fraction of sp³-hybridized carbons (Fsp3) is 0.852. The molecule has 1 rings (SSSR count). The van der Waals surface area contributed by atoms with E-state index in [1.807, 2.05) is 0 Å². The first-order valence-corrected chi connectivity index (χ1v) is 16.2. The topological polar surface area (TPSA) is 123 Å². The summed E-state index contributed by atoms with van der Waals surface area (Å²) in [5.41, 5.74) is -0.445. The Kier molecular flexibility index (Phi) is 20.7. The van der Waals surface area contributed by atoms with Gasteiger partial charge in [0.1, 0.15) is 12.2 Å². The highest BCUT2D eigenvalue weighted by Gasteiger charge is 2.12. The zero-order valence-electron chi connectivity index (χ0n) is 23.1. The van der Waals surface area contributed by atoms with Crippen molar-refractivity contribution in [3.8, 4) is 0 Å². The standard InChI is InChI=1S/C27H52N3O6P/c1-2-3-4-5-6-7-8-9-10-11-12-13-14-15-16-17-22-35-23-19-28-26-18-20-30(27(31)29-26)21-24-36-25-37(32,33)34/h18,20H,2-17,19,21-25H2,1H3,(H,28,29,31)(H2,32,33,34). The molecule has 0 fully saturated rings. The summed E-state index contributed by atoms with van der Waals surface area (Å²) in [6, 6.07) is 1.68. The van der Waals surface area contributed by atoms with Gasteiger partial charge in [-0.15, -0.1) is 0 Å². The van der Waals surface area contributed by atoms with Crippen LogP contribution in [0.4, 0.5) is 5.82 Å². The Labute approximate surface area is 223 Å². The van der Waals surface area contributed by atoms with E-state index in [4.69, 9.17) is 19.3 Å². The van der Waals surface area contributed by atoms with Crippen LogP contribution in [-0.2, 0) is 20.6 Å². The Balaban J connectivity index is 1.87. The predicted octanol–water partition coefficient (Wildman–Crippen LogP) is 6.09. The third-order valence-corrected chi connectivity index (χ3v) is 6.82. The van der Waals surface area contributed by atoms with E-state index in [9.17, 15) is 9.36 Å². The molecule has 216 valence electrons. The maximum absolute atomic E-state index is 12.0. The summed E-state index contributed by atoms with van der Waals surface area (Å²) in [4.78, 5) is 33.5. The summed E-state index contributed by atoms with van der Waals surface area (Å²) in [5.74, 6) is 0.475. The number of aromatic nitrogens is 2. The highest BCUT2D eigenvalue weighted by Crippen LogP contribution is 2.33. The first-order valence-electron chi connectivity index (χ1n) is 14.4. The van der Waals surface area contributed by atoms with Crippen LogP contribution < -0.4 is 11.0 Å². The summed E-state index contributed by atoms with van der Waals surface area (Å²) in [6.45, 7) is 4.35. The lowest BCUT2D eigenvalue weighted by Crippen LogP contribution is -2.25. The Morgan fingerprint density at radius 2 is 1.35 bits per heavy atom. The van der Waals surface area contributed by atoms with Gasteiger partial charge in [0.2, 0.25) is 0 Å². The molecule has 1 aromatic rings. The van der Waals surface area contributed by atoms with Crippen molar-refractivity contribution in [2.45, 2.75) is 116 Å². The molecule has 1 aromatic heterocycles. The van der Waals surface area contributed by atoms with Crippen molar-refractivity contribution in [2.24, 2.45) is 0 Å². The van der Waals surface area contributed by atoms with Crippen LogP contribution in [0.5, 0.6) is 0 Å². The summed E-state index contributed by atoms with van der Waals surface area (Å²) in [7, 11) is -4.19. The molecule has 0 aromatic carbocycles. The number of hydrogen-bond acceptors (Lipinski definition) is 6. The van der Waals surface area contributed by atoms with Gasteiger partial charge >= 0.3 is 13.3 Å². The quantitative estimate of drug-likeness (QED) is 0.0945. The van der Waals surface area contributed by atoms with Crippen molar-refractivity contribution in [1.29, 1.82) is 0 Å². The molecular weight excluding hydrogens is 493 g/mol. The summed E-state index contributed by atoms with van der Waals surface area (Å²) >= 11 is 0. The van der Waals surface area contributed by atoms with Crippen LogP contribution in [0.15, 0.2) is 17.1 Å². The SMILES string of the molecule is CCCCCCCCCCCCCCCCCCOCCNc1ccn(CCOCP(=O)(O)O)c(=O)n1. The van der Waals surface area contributed by atoms with Crippen LogP contribution in [0.25, 0.3) is 0 Å². The first kappa shape index (κ1) is 33.8. The summed E-state index contributed by atoms with van der Waals surface area (Å²) < 4.78 is 22.6. The maximum atomic E-state index is 12.0. The molecule has 0 bridgehead atoms. The molecule has 0 saturated carbocycles. The average Bonchev–Trinajstić information content (AvgIpc) is 2.86. The van der Waals surface area contributed by atoms with Gasteiger partial charge in [-0.05, 0) is 12.5 Å². The zero-order valence-corrected chi connectivity index (χ0v) is 24.0. The molecule has 0 saturated heterocycles. The molecular formula is C27H52N3O6P. The molecule has 0 aliphatic carbocycles. The second kappa shape index (κ2) is 22.7. The van der Waals surface area contributed by atoms with Gasteiger partial charge in [0.15, 0.2) is 0 Å². The highest BCUT2D eigenvalue weighted by molar-refractivity contribution is 7.51. The van der Waals surface area contributed by atoms with Crippen LogP contribution in [-0.4, -0.2) is 52.1 Å². The zero-order chi connectivity index (χ0) is 27.0. The van der Waals surface area contributed by atoms with Gasteiger partial charge in [0.05, 0.1) is 19.8 Å². The van der Waals surface area contributed by atoms with E-state index in [2.05, 4.69) is 17.2 Å². The van der Waals surface area contributed by atoms with E-state index in [0.717, 1.165) is 13.0 Å². The lowest BCUT2D eigenvalue weighted by molar-refractivity contribution is 0.139. The van der Waals surface area contributed by atoms with Crippen molar-refractivity contribution in [2.75, 3.05) is 38.0 Å². The van der Waals surface area contributed by atoms with Crippen molar-refractivity contribution < 1.29 is 23.8 Å². The Morgan fingerprint density at radius 1 is 0.811 bits per heavy atom. The average molecular weight is 546 g/mol. The predicted molar refractivity (Wildman–Crippen MR) is 150 cm³/mol. The summed E-state index contributed by atoms with van der Waals surface area (Å²) in [5, 5.41) is 3.07. The minimum Gasteiger partial charge on any atom is -0.380 e. The fourth-order valence-electron chi connectivity index (χ4n) is 4.15. The van der Waals surface area contributed by atoms with Gasteiger partial charge in [0, 0.05) is 19.3 Å². The third kappa shape index (κ3) is 21.4. The molecule has 0 atom stereocenters. The number of ether oxygens (including phenoxy) is 2. The third-order valence-electron chi connectivity index (χ3n) is 6.30. The molecule has 10 heteroatoms. The molecule has 9 nitrogen and oxygen atoms in total. The molecule has 0 amide bonds. The number of nitrogens with zero attached hydrogens (tertiary/aromatic N) is 2. The molecule has 0 spiro atoms. The molecule has 0 unspecified atom stereocenters. The van der Waals surface area contributed by atoms with E-state index >= 15 is 0 Å². The van der Waals surface area contributed by atoms with Gasteiger partial charge in [-0.3, -0.25) is 9.13 Å². The smallest absolute Gasteiger partial charge is 0.350 e. The molecule has 0 aliphatic rings. The Hall–Kier alpha value is -1.25. The lowest BCUT2D eigenvalue weighted by atomic mass is 10.0. The van der Waals surface area contributed by atoms with Gasteiger partial charge in [0.25, 0.3) is 0 Å². The van der Waals surface area contributed by atoms with Crippen molar-refractivity contribution >= 4 is 13.4 Å². The van der Waals surface area contributed by atoms with Crippen LogP contribution in [0.2, 0.25) is 0 Å². The summed E-state index contributed by atoms with van der Waals surface area (Å²) in [6.07, 6.45) is 22.6. The Morgan fingerprint density at radius 3 is 1.86 bits per heavy atom. The van der Waals surface area contributed by atoms with Gasteiger partial charge in [-0.2, -0.15) is 4.98 Å². The number of nitrogens with one attached hydrogen (secondary N) is 1. The number of rotatable bonds is 26. The number of hydrogen-bond donors (Lipinski definition) is 3. The van der Waals surface area contributed by atoms with Gasteiger partial charge in [-0.1, -0.05) is 103 Å². The van der Waals surface area contributed by atoms with Crippen LogP contribution in [0.3, 0.4) is 0 Å². The largest absolute Gasteiger partial charge is 0.380 e. The molecule has 0 radical (unpaired) electrons. The van der Waals surface area contributed by atoms with Crippen LogP contribution in [0.1, 0.15) is 110 Å². The van der Waals surface area contributed by atoms with E-state index in [0.29, 0.717) is 19.0 Å². The number of anilines is 1. The van der Waals surface area contributed by atoms with Crippen molar-refractivity contribution in [3.63, 3.8) is 0 Å². The van der Waals surface area contributed by atoms with Gasteiger partial charge in [-0.25, -0.2) is 4.79 Å². The van der Waals surface area contributed by atoms with Gasteiger partial charge < -0.3 is 24.6 Å². The van der Waals surface area contributed by atoms with Crippen molar-refractivity contribution in [3.05, 3.63) is 22.7 Å². The monoisotopic (exact) mass is 545 g/mol. The molecule has 1 heterocycles. The van der Waals surface area contributed by atoms with E-state index in [-0.39, 0.29) is 13.2 Å². The van der Waals surface area contributed by atoms with E-state index in [1.54, 1.807) is 12.3 Å². The first-order chi connectivity index (χ1) is 17.9. The van der Waals surface area contributed by atoms with Crippen LogP contribution in [0, 0.1) is 0 Å². The second-order valence-electron chi connectivity index (χ2n) is 9.83. The lowest BCUT2D eigenvalue weighted by Gasteiger charge is -2.09. The van der Waals surface area contributed by atoms with Crippen molar-refractivity contribution in [1.82, 2.24) is 9.55 Å². The minimum atomic E-state index is -4.19.